The smallest absolute Gasteiger partial charge is 0.249 e. The van der Waals surface area contributed by atoms with Crippen LogP contribution in [-0.2, 0) is 16.6 Å². The van der Waals surface area contributed by atoms with Gasteiger partial charge in [0.05, 0.1) is 6.04 Å². The third-order valence-electron chi connectivity index (χ3n) is 4.17. The molecule has 3 rings (SSSR count). The van der Waals surface area contributed by atoms with Crippen molar-refractivity contribution in [3.8, 4) is 0 Å². The van der Waals surface area contributed by atoms with Gasteiger partial charge in [-0.2, -0.15) is 4.31 Å². The van der Waals surface area contributed by atoms with E-state index in [1.807, 2.05) is 26.0 Å². The van der Waals surface area contributed by atoms with Gasteiger partial charge in [0.1, 0.15) is 10.6 Å². The zero-order valence-corrected chi connectivity index (χ0v) is 13.4. The molecule has 114 valence electrons. The van der Waals surface area contributed by atoms with Crippen LogP contribution in [0.25, 0.3) is 0 Å². The Morgan fingerprint density at radius 1 is 1.24 bits per heavy atom. The maximum atomic E-state index is 12.9. The second-order valence-electron chi connectivity index (χ2n) is 5.50. The molecule has 0 N–H and O–H groups in total. The van der Waals surface area contributed by atoms with Crippen LogP contribution in [0.2, 0.25) is 0 Å². The SMILES string of the molecule is Cc1noc(C)c1S(=O)(=O)N1CCn2c(C)ccc2[C@H]1C. The van der Waals surface area contributed by atoms with Gasteiger partial charge in [0.2, 0.25) is 10.0 Å². The van der Waals surface area contributed by atoms with E-state index in [-0.39, 0.29) is 10.9 Å². The molecule has 0 bridgehead atoms. The maximum Gasteiger partial charge on any atom is 0.249 e. The van der Waals surface area contributed by atoms with Crippen molar-refractivity contribution >= 4 is 10.0 Å². The van der Waals surface area contributed by atoms with Crippen molar-refractivity contribution in [2.75, 3.05) is 6.54 Å². The van der Waals surface area contributed by atoms with Gasteiger partial charge in [-0.25, -0.2) is 8.42 Å². The lowest BCUT2D eigenvalue weighted by molar-refractivity contribution is 0.280. The number of sulfonamides is 1. The summed E-state index contributed by atoms with van der Waals surface area (Å²) in [5, 5.41) is 3.76. The Morgan fingerprint density at radius 2 is 1.95 bits per heavy atom. The van der Waals surface area contributed by atoms with Crippen molar-refractivity contribution < 1.29 is 12.9 Å². The highest BCUT2D eigenvalue weighted by atomic mass is 32.2. The first-order valence-electron chi connectivity index (χ1n) is 6.94. The van der Waals surface area contributed by atoms with E-state index in [1.165, 1.54) is 4.31 Å². The monoisotopic (exact) mass is 309 g/mol. The zero-order valence-electron chi connectivity index (χ0n) is 12.6. The Balaban J connectivity index is 2.06. The highest BCUT2D eigenvalue weighted by Gasteiger charge is 2.37. The number of rotatable bonds is 2. The number of hydrogen-bond donors (Lipinski definition) is 0. The average Bonchev–Trinajstić information content (AvgIpc) is 2.94. The van der Waals surface area contributed by atoms with Gasteiger partial charge in [0, 0.05) is 24.5 Å². The van der Waals surface area contributed by atoms with Crippen molar-refractivity contribution in [3.63, 3.8) is 0 Å². The summed E-state index contributed by atoms with van der Waals surface area (Å²) in [5.41, 5.74) is 2.59. The van der Waals surface area contributed by atoms with E-state index >= 15 is 0 Å². The Bertz CT molecular complexity index is 769. The van der Waals surface area contributed by atoms with Crippen LogP contribution in [0.4, 0.5) is 0 Å². The number of aromatic nitrogens is 2. The fourth-order valence-electron chi connectivity index (χ4n) is 3.09. The van der Waals surface area contributed by atoms with Gasteiger partial charge in [-0.1, -0.05) is 5.16 Å². The third-order valence-corrected chi connectivity index (χ3v) is 6.39. The number of nitrogens with zero attached hydrogens (tertiary/aromatic N) is 3. The lowest BCUT2D eigenvalue weighted by atomic mass is 10.2. The molecule has 21 heavy (non-hydrogen) atoms. The van der Waals surface area contributed by atoms with Crippen molar-refractivity contribution in [1.82, 2.24) is 14.0 Å². The molecule has 7 heteroatoms. The highest BCUT2D eigenvalue weighted by Crippen LogP contribution is 2.33. The molecule has 0 aromatic carbocycles. The molecule has 1 aliphatic rings. The van der Waals surface area contributed by atoms with Crippen molar-refractivity contribution in [1.29, 1.82) is 0 Å². The van der Waals surface area contributed by atoms with Crippen LogP contribution < -0.4 is 0 Å². The minimum absolute atomic E-state index is 0.200. The fraction of sp³-hybridized carbons (Fsp3) is 0.500. The lowest BCUT2D eigenvalue weighted by Gasteiger charge is -2.34. The first kappa shape index (κ1) is 14.3. The molecule has 2 aromatic rings. The number of fused-ring (bicyclic) bond motifs is 1. The predicted molar refractivity (Wildman–Crippen MR) is 77.5 cm³/mol. The quantitative estimate of drug-likeness (QED) is 0.852. The molecule has 3 heterocycles. The molecular weight excluding hydrogens is 290 g/mol. The van der Waals surface area contributed by atoms with E-state index in [1.54, 1.807) is 13.8 Å². The third kappa shape index (κ3) is 2.03. The minimum Gasteiger partial charge on any atom is -0.360 e. The molecule has 1 aliphatic heterocycles. The molecule has 0 saturated carbocycles. The van der Waals surface area contributed by atoms with Gasteiger partial charge in [0.25, 0.3) is 0 Å². The average molecular weight is 309 g/mol. The Kier molecular flexibility index (Phi) is 3.22. The van der Waals surface area contributed by atoms with Gasteiger partial charge in [-0.15, -0.1) is 0 Å². The summed E-state index contributed by atoms with van der Waals surface area (Å²) in [7, 11) is -3.60. The van der Waals surface area contributed by atoms with Crippen molar-refractivity contribution in [3.05, 3.63) is 35.0 Å². The predicted octanol–water partition coefficient (Wildman–Crippen LogP) is 2.17. The second kappa shape index (κ2) is 4.71. The fourth-order valence-corrected chi connectivity index (χ4v) is 4.98. The summed E-state index contributed by atoms with van der Waals surface area (Å²) in [4.78, 5) is 0.200. The van der Waals surface area contributed by atoms with Crippen LogP contribution in [0.5, 0.6) is 0 Å². The number of aryl methyl sites for hydroxylation is 3. The van der Waals surface area contributed by atoms with Gasteiger partial charge in [0.15, 0.2) is 5.76 Å². The van der Waals surface area contributed by atoms with Crippen LogP contribution in [0.15, 0.2) is 21.6 Å². The van der Waals surface area contributed by atoms with E-state index in [4.69, 9.17) is 4.52 Å². The molecule has 0 spiro atoms. The molecular formula is C14H19N3O3S. The molecule has 6 nitrogen and oxygen atoms in total. The number of hydrogen-bond acceptors (Lipinski definition) is 4. The van der Waals surface area contributed by atoms with Crippen LogP contribution in [0.1, 0.15) is 35.8 Å². The summed E-state index contributed by atoms with van der Waals surface area (Å²) < 4.78 is 34.6. The summed E-state index contributed by atoms with van der Waals surface area (Å²) >= 11 is 0. The standard InChI is InChI=1S/C14H19N3O3S/c1-9-5-6-13-11(3)17(8-7-16(9)13)21(18,19)14-10(2)15-20-12(14)4/h5-6,11H,7-8H2,1-4H3/t11-/m1/s1. The molecule has 0 amide bonds. The van der Waals surface area contributed by atoms with Gasteiger partial charge in [-0.05, 0) is 39.8 Å². The lowest BCUT2D eigenvalue weighted by Crippen LogP contribution is -2.41. The summed E-state index contributed by atoms with van der Waals surface area (Å²) in [6.45, 7) is 8.37. The van der Waals surface area contributed by atoms with E-state index in [0.29, 0.717) is 24.5 Å². The molecule has 0 unspecified atom stereocenters. The van der Waals surface area contributed by atoms with Crippen LogP contribution in [0, 0.1) is 20.8 Å². The van der Waals surface area contributed by atoms with Crippen LogP contribution in [-0.4, -0.2) is 29.0 Å². The largest absolute Gasteiger partial charge is 0.360 e. The molecule has 1 atom stereocenters. The summed E-state index contributed by atoms with van der Waals surface area (Å²) in [6.07, 6.45) is 0. The minimum atomic E-state index is -3.60. The van der Waals surface area contributed by atoms with Gasteiger partial charge < -0.3 is 9.09 Å². The van der Waals surface area contributed by atoms with Gasteiger partial charge >= 0.3 is 0 Å². The van der Waals surface area contributed by atoms with Gasteiger partial charge in [-0.3, -0.25) is 0 Å². The second-order valence-corrected chi connectivity index (χ2v) is 7.32. The van der Waals surface area contributed by atoms with E-state index < -0.39 is 10.0 Å². The van der Waals surface area contributed by atoms with Crippen LogP contribution in [0.3, 0.4) is 0 Å². The Morgan fingerprint density at radius 3 is 2.57 bits per heavy atom. The molecule has 0 radical (unpaired) electrons. The summed E-state index contributed by atoms with van der Waals surface area (Å²) in [5.74, 6) is 0.344. The van der Waals surface area contributed by atoms with Crippen LogP contribution >= 0.6 is 0 Å². The van der Waals surface area contributed by atoms with E-state index in [9.17, 15) is 8.42 Å². The zero-order chi connectivity index (χ0) is 15.4. The first-order chi connectivity index (χ1) is 9.84. The molecule has 0 saturated heterocycles. The maximum absolute atomic E-state index is 12.9. The van der Waals surface area contributed by atoms with E-state index in [0.717, 1.165) is 11.4 Å². The molecule has 0 fully saturated rings. The molecule has 2 aromatic heterocycles. The topological polar surface area (TPSA) is 68.3 Å². The highest BCUT2D eigenvalue weighted by molar-refractivity contribution is 7.89. The first-order valence-corrected chi connectivity index (χ1v) is 8.38. The van der Waals surface area contributed by atoms with E-state index in [2.05, 4.69) is 9.72 Å². The molecule has 0 aliphatic carbocycles. The Labute approximate surface area is 124 Å². The van der Waals surface area contributed by atoms with Crippen molar-refractivity contribution in [2.45, 2.75) is 45.2 Å². The van der Waals surface area contributed by atoms with Crippen molar-refractivity contribution in [2.24, 2.45) is 0 Å². The summed E-state index contributed by atoms with van der Waals surface area (Å²) in [6, 6.07) is 3.82. The Hall–Kier alpha value is -1.60. The normalized spacial score (nSPS) is 19.7.